The fourth-order valence-corrected chi connectivity index (χ4v) is 25.4. The fraction of sp³-hybridized carbons (Fsp3) is 1.00. The normalized spacial score (nSPS) is 32.6. The first kappa shape index (κ1) is 109. The van der Waals surface area contributed by atoms with Crippen molar-refractivity contribution in [1.29, 1.82) is 0 Å². The van der Waals surface area contributed by atoms with Gasteiger partial charge in [-0.05, 0) is 302 Å². The molecule has 0 amide bonds. The van der Waals surface area contributed by atoms with E-state index in [-0.39, 0.29) is 44.2 Å². The molecule has 0 bridgehead atoms. The number of alkyl halides is 2. The molecule has 696 valence electrons. The molecule has 14 unspecified atom stereocenters. The van der Waals surface area contributed by atoms with Crippen molar-refractivity contribution in [1.82, 2.24) is 34.3 Å². The Labute approximate surface area is 741 Å². The molecule has 2 saturated carbocycles. The number of likely N-dealkylation sites (tertiary alicyclic amines) is 6. The largest absolute Gasteiger partial charge is 0.373 e. The van der Waals surface area contributed by atoms with E-state index >= 15 is 0 Å². The zero-order chi connectivity index (χ0) is 91.4. The van der Waals surface area contributed by atoms with Crippen molar-refractivity contribution in [2.45, 2.75) is 526 Å². The standard InChI is InChI=1S/C15H29N.C14H27NO.C13H25F.C13H25NO2.2C13H27N.C12H24ClN.C11H23NS/c1-14(2,3)13-12-9-7-8-11(12)10-16(13)15(4,5)6;1-12(2,3)11-14(8-10-16-14)7-9-15(11)13(4,5)6;1-12(2,3)10-7-9(14)8-11(10)13(4,5)6;1-11(2,3)10-7-13(15-9-16-13)8-14(10)12(4,5)6;1-11(2,3)13(7)9-8-10-14(13)12(4,5)6;1-10-8-9-14(13(5,6)7)11(10)12(2,3)4;1-11(2,3)10-7-9(13)8-14(10)12(4,5)6;1-10(2,3)9-12(7-8-13-9)11(4,5)6/h11-13H,7-10H2,1-6H3;11H,7-10H2,1-6H3;9-11H,7-8H2,1-6H3;10H,7-9H2,1-6H3;8-10H2,1-7H3;10-11H,8-9H2,1-7H3;9-10H,7-8H2,1-6H3;9H,7-8H2,1-6H3. The molecule has 9 heterocycles. The molecule has 9 saturated heterocycles. The van der Waals surface area contributed by atoms with Crippen LogP contribution in [0.5, 0.6) is 0 Å². The third-order valence-corrected chi connectivity index (χ3v) is 31.5. The van der Waals surface area contributed by atoms with Crippen LogP contribution in [0.3, 0.4) is 0 Å². The number of hydrogen-bond donors (Lipinski definition) is 0. The molecule has 11 aliphatic rings. The Morgan fingerprint density at radius 1 is 0.393 bits per heavy atom. The average Bonchev–Trinajstić information content (AvgIpc) is 1.60. The van der Waals surface area contributed by atoms with E-state index in [1.807, 2.05) is 0 Å². The SMILES string of the molecule is CC(C)(C)C1C2CCCC2CN1C(C)(C)C.CC(C)(C)C1CC(Cl)CN1C(C)(C)C.CC(C)(C)C1CC(F)CC1C(C)(C)C.CC(C)(C)C1CC2(CN1C(C)(C)C)OCO2.CC(C)(C)C1N(C(C)(C)C)CCC12CCO2.CC(C)(C)C1SCCN1C(C)(C)C.CC(C)(C)N1CCCC1(C)C(C)(C)C.CC1CCN(C(C)(C)C)C1C(C)(C)C. The summed E-state index contributed by atoms with van der Waals surface area (Å²) in [5, 5.41) is 1.02. The van der Waals surface area contributed by atoms with Crippen LogP contribution >= 0.6 is 23.4 Å². The zero-order valence-electron chi connectivity index (χ0n) is 88.1. The maximum Gasteiger partial charge on any atom is 0.188 e. The maximum atomic E-state index is 13.5. The van der Waals surface area contributed by atoms with Crippen molar-refractivity contribution >= 4 is 23.4 Å². The van der Waals surface area contributed by atoms with Crippen LogP contribution in [-0.2, 0) is 14.2 Å². The smallest absolute Gasteiger partial charge is 0.188 e. The molecule has 0 aromatic rings. The lowest BCUT2D eigenvalue weighted by Crippen LogP contribution is -2.61. The summed E-state index contributed by atoms with van der Waals surface area (Å²) in [5.41, 5.74) is 5.47. The minimum atomic E-state index is -0.566. The molecular weight excluding hydrogens is 1480 g/mol. The van der Waals surface area contributed by atoms with Gasteiger partial charge in [0.05, 0.1) is 24.1 Å². The number of rotatable bonds is 0. The van der Waals surface area contributed by atoms with Gasteiger partial charge in [-0.1, -0.05) is 200 Å². The van der Waals surface area contributed by atoms with E-state index in [0.717, 1.165) is 75.2 Å². The number of nitrogens with zero attached hydrogens (tertiary/aromatic N) is 7. The van der Waals surface area contributed by atoms with Crippen LogP contribution in [0, 0.1) is 78.3 Å². The van der Waals surface area contributed by atoms with Gasteiger partial charge < -0.3 is 14.2 Å². The summed E-state index contributed by atoms with van der Waals surface area (Å²) in [6.07, 6.45) is 14.0. The van der Waals surface area contributed by atoms with Crippen LogP contribution in [0.1, 0.15) is 423 Å². The molecule has 0 aromatic heterocycles. The number of thioether (sulfide) groups is 1. The minimum absolute atomic E-state index is 0.170. The second-order valence-electron chi connectivity index (χ2n) is 56.1. The quantitative estimate of drug-likeness (QED) is 0.218. The Kier molecular flexibility index (Phi) is 36.0. The number of ether oxygens (including phenoxy) is 3. The van der Waals surface area contributed by atoms with E-state index in [9.17, 15) is 4.39 Å². The molecule has 2 spiro atoms. The highest BCUT2D eigenvalue weighted by atomic mass is 35.5. The number of hydrogen-bond acceptors (Lipinski definition) is 11. The van der Waals surface area contributed by atoms with Gasteiger partial charge in [0.25, 0.3) is 0 Å². The van der Waals surface area contributed by atoms with Crippen molar-refractivity contribution in [3.63, 3.8) is 0 Å². The Hall–Kier alpha value is 0.170. The molecule has 11 rings (SSSR count). The van der Waals surface area contributed by atoms with E-state index in [1.165, 1.54) is 89.8 Å². The molecule has 0 radical (unpaired) electrons. The Morgan fingerprint density at radius 2 is 0.846 bits per heavy atom. The summed E-state index contributed by atoms with van der Waals surface area (Å²) in [7, 11) is 0. The van der Waals surface area contributed by atoms with Crippen LogP contribution in [0.2, 0.25) is 0 Å². The Balaban J connectivity index is 0.000000282. The second kappa shape index (κ2) is 38.5. The number of fused-ring (bicyclic) bond motifs is 1. The van der Waals surface area contributed by atoms with Crippen molar-refractivity contribution in [3.8, 4) is 0 Å². The summed E-state index contributed by atoms with van der Waals surface area (Å²) < 4.78 is 30.8. The molecular formula is C104H207ClFN7O3S. The van der Waals surface area contributed by atoms with Crippen LogP contribution in [0.15, 0.2) is 0 Å². The molecule has 0 aromatic carbocycles. The summed E-state index contributed by atoms with van der Waals surface area (Å²) in [4.78, 5) is 18.6. The van der Waals surface area contributed by atoms with E-state index < -0.39 is 6.17 Å². The van der Waals surface area contributed by atoms with Crippen LogP contribution in [-0.4, -0.2) is 202 Å². The number of halogens is 2. The monoisotopic (exact) mass is 1690 g/mol. The van der Waals surface area contributed by atoms with E-state index in [1.54, 1.807) is 0 Å². The first-order valence-corrected chi connectivity index (χ1v) is 49.4. The molecule has 11 fully saturated rings. The molecule has 13 heteroatoms. The van der Waals surface area contributed by atoms with Gasteiger partial charge >= 0.3 is 0 Å². The van der Waals surface area contributed by atoms with E-state index in [4.69, 9.17) is 25.8 Å². The highest BCUT2D eigenvalue weighted by Crippen LogP contribution is 2.56. The Morgan fingerprint density at radius 3 is 1.15 bits per heavy atom. The van der Waals surface area contributed by atoms with Crippen LogP contribution in [0.4, 0.5) is 4.39 Å². The van der Waals surface area contributed by atoms with Gasteiger partial charge in [0.2, 0.25) is 0 Å². The summed E-state index contributed by atoms with van der Waals surface area (Å²) in [5.74, 6) is 4.87. The molecule has 2 aliphatic carbocycles. The predicted octanol–water partition coefficient (Wildman–Crippen LogP) is 28.0. The van der Waals surface area contributed by atoms with E-state index in [2.05, 4.69) is 392 Å². The Bertz CT molecular complexity index is 2770. The highest BCUT2D eigenvalue weighted by Gasteiger charge is 2.60. The average molecular weight is 1690 g/mol. The maximum absolute atomic E-state index is 13.5. The topological polar surface area (TPSA) is 50.4 Å². The minimum Gasteiger partial charge on any atom is -0.373 e. The van der Waals surface area contributed by atoms with Crippen LogP contribution < -0.4 is 0 Å². The van der Waals surface area contributed by atoms with Gasteiger partial charge in [-0.2, -0.15) is 0 Å². The van der Waals surface area contributed by atoms with E-state index in [0.29, 0.717) is 108 Å². The summed E-state index contributed by atoms with van der Waals surface area (Å²) in [6.45, 7) is 126. The second-order valence-corrected chi connectivity index (χ2v) is 57.9. The molecule has 14 atom stereocenters. The first-order valence-electron chi connectivity index (χ1n) is 47.9. The molecule has 10 nitrogen and oxygen atoms in total. The van der Waals surface area contributed by atoms with Gasteiger partial charge in [0.1, 0.15) is 6.17 Å². The van der Waals surface area contributed by atoms with Gasteiger partial charge in [0.15, 0.2) is 12.6 Å². The van der Waals surface area contributed by atoms with Crippen molar-refractivity contribution in [3.05, 3.63) is 0 Å². The third-order valence-electron chi connectivity index (χ3n) is 29.5. The molecule has 0 N–H and O–H groups in total. The third kappa shape index (κ3) is 29.3. The van der Waals surface area contributed by atoms with Crippen molar-refractivity contribution in [2.75, 3.05) is 65.0 Å². The fourth-order valence-electron chi connectivity index (χ4n) is 23.4. The van der Waals surface area contributed by atoms with Gasteiger partial charge in [-0.15, -0.1) is 23.4 Å². The summed E-state index contributed by atoms with van der Waals surface area (Å²) >= 11 is 8.38. The van der Waals surface area contributed by atoms with Crippen LogP contribution in [0.25, 0.3) is 0 Å². The lowest BCUT2D eigenvalue weighted by Gasteiger charge is -2.53. The van der Waals surface area contributed by atoms with Gasteiger partial charge in [0, 0.05) is 125 Å². The molecule has 9 aliphatic heterocycles. The predicted molar refractivity (Wildman–Crippen MR) is 515 cm³/mol. The lowest BCUT2D eigenvalue weighted by atomic mass is 9.66. The van der Waals surface area contributed by atoms with Gasteiger partial charge in [-0.25, -0.2) is 4.39 Å². The summed E-state index contributed by atoms with van der Waals surface area (Å²) in [6, 6.07) is 3.23. The van der Waals surface area contributed by atoms with Crippen molar-refractivity contribution in [2.24, 2.45) is 78.3 Å². The molecule has 117 heavy (non-hydrogen) atoms. The first-order chi connectivity index (χ1) is 51.7. The lowest BCUT2D eigenvalue weighted by molar-refractivity contribution is -0.390. The van der Waals surface area contributed by atoms with Gasteiger partial charge in [-0.3, -0.25) is 34.3 Å². The highest BCUT2D eigenvalue weighted by molar-refractivity contribution is 8.00. The zero-order valence-corrected chi connectivity index (χ0v) is 89.7. The van der Waals surface area contributed by atoms with Crippen molar-refractivity contribution < 1.29 is 18.6 Å².